The highest BCUT2D eigenvalue weighted by Crippen LogP contribution is 2.19. The second kappa shape index (κ2) is 6.70. The van der Waals surface area contributed by atoms with Crippen LogP contribution in [0.3, 0.4) is 0 Å². The number of sulfone groups is 1. The van der Waals surface area contributed by atoms with Gasteiger partial charge in [-0.3, -0.25) is 4.90 Å². The van der Waals surface area contributed by atoms with Crippen LogP contribution in [0.15, 0.2) is 30.3 Å². The van der Waals surface area contributed by atoms with Crippen LogP contribution in [-0.2, 0) is 16.4 Å². The Balaban J connectivity index is 2.04. The molecule has 0 N–H and O–H groups in total. The fourth-order valence-electron chi connectivity index (χ4n) is 2.60. The summed E-state index contributed by atoms with van der Waals surface area (Å²) in [6.07, 6.45) is 0.766. The Kier molecular flexibility index (Phi) is 5.18. The first-order valence-electron chi connectivity index (χ1n) is 7.09. The van der Waals surface area contributed by atoms with Gasteiger partial charge in [0.05, 0.1) is 11.5 Å². The zero-order chi connectivity index (χ0) is 14.6. The summed E-state index contributed by atoms with van der Waals surface area (Å²) in [4.78, 5) is 4.46. The van der Waals surface area contributed by atoms with Crippen LogP contribution in [0.25, 0.3) is 0 Å². The third kappa shape index (κ3) is 4.58. The molecule has 0 bridgehead atoms. The molecule has 0 aliphatic carbocycles. The van der Waals surface area contributed by atoms with Crippen LogP contribution in [0.1, 0.15) is 12.0 Å². The SMILES string of the molecule is CN(C)CCN(Cc1ccccc1)[C@H]1CCS(=O)(=O)C1. The fourth-order valence-corrected chi connectivity index (χ4v) is 4.36. The lowest BCUT2D eigenvalue weighted by atomic mass is 10.1. The summed E-state index contributed by atoms with van der Waals surface area (Å²) in [7, 11) is 1.27. The number of hydrogen-bond donors (Lipinski definition) is 0. The lowest BCUT2D eigenvalue weighted by Gasteiger charge is -2.29. The third-order valence-corrected chi connectivity index (χ3v) is 5.54. The average Bonchev–Trinajstić information content (AvgIpc) is 2.76. The van der Waals surface area contributed by atoms with Crippen molar-refractivity contribution in [2.24, 2.45) is 0 Å². The van der Waals surface area contributed by atoms with E-state index in [2.05, 4.69) is 21.9 Å². The monoisotopic (exact) mass is 296 g/mol. The molecule has 1 saturated heterocycles. The first-order valence-corrected chi connectivity index (χ1v) is 8.91. The molecular formula is C15H24N2O2S. The van der Waals surface area contributed by atoms with E-state index in [1.54, 1.807) is 0 Å². The minimum Gasteiger partial charge on any atom is -0.308 e. The molecule has 0 saturated carbocycles. The highest BCUT2D eigenvalue weighted by molar-refractivity contribution is 7.91. The van der Waals surface area contributed by atoms with Gasteiger partial charge in [-0.15, -0.1) is 0 Å². The molecule has 5 heteroatoms. The molecule has 112 valence electrons. The summed E-state index contributed by atoms with van der Waals surface area (Å²) < 4.78 is 23.4. The molecule has 1 aliphatic rings. The van der Waals surface area contributed by atoms with Crippen LogP contribution in [0, 0.1) is 0 Å². The minimum absolute atomic E-state index is 0.167. The standard InChI is InChI=1S/C15H24N2O2S/c1-16(2)9-10-17(12-14-6-4-3-5-7-14)15-8-11-20(18,19)13-15/h3-7,15H,8-13H2,1-2H3/t15-/m0/s1. The number of nitrogens with zero attached hydrogens (tertiary/aromatic N) is 2. The second-order valence-corrected chi connectivity index (χ2v) is 8.04. The van der Waals surface area contributed by atoms with Crippen molar-refractivity contribution < 1.29 is 8.42 Å². The van der Waals surface area contributed by atoms with Gasteiger partial charge in [-0.05, 0) is 26.1 Å². The molecule has 1 aromatic rings. The summed E-state index contributed by atoms with van der Waals surface area (Å²) in [5.74, 6) is 0.651. The molecular weight excluding hydrogens is 272 g/mol. The van der Waals surface area contributed by atoms with Crippen molar-refractivity contribution >= 4 is 9.84 Å². The molecule has 1 heterocycles. The Bertz CT molecular complexity index is 514. The summed E-state index contributed by atoms with van der Waals surface area (Å²) >= 11 is 0. The Labute approximate surface area is 122 Å². The van der Waals surface area contributed by atoms with Crippen LogP contribution in [-0.4, -0.2) is 63.0 Å². The van der Waals surface area contributed by atoms with Crippen LogP contribution in [0.4, 0.5) is 0 Å². The van der Waals surface area contributed by atoms with E-state index in [1.807, 2.05) is 32.3 Å². The zero-order valence-electron chi connectivity index (χ0n) is 12.3. The number of rotatable bonds is 6. The van der Waals surface area contributed by atoms with E-state index in [4.69, 9.17) is 0 Å². The van der Waals surface area contributed by atoms with E-state index in [9.17, 15) is 8.42 Å². The average molecular weight is 296 g/mol. The van der Waals surface area contributed by atoms with Gasteiger partial charge < -0.3 is 4.90 Å². The van der Waals surface area contributed by atoms with Crippen molar-refractivity contribution in [2.75, 3.05) is 38.7 Å². The fraction of sp³-hybridized carbons (Fsp3) is 0.600. The van der Waals surface area contributed by atoms with Crippen LogP contribution in [0.5, 0.6) is 0 Å². The van der Waals surface area contributed by atoms with Gasteiger partial charge in [0.25, 0.3) is 0 Å². The van der Waals surface area contributed by atoms with Crippen molar-refractivity contribution in [3.63, 3.8) is 0 Å². The lowest BCUT2D eigenvalue weighted by molar-refractivity contribution is 0.183. The topological polar surface area (TPSA) is 40.6 Å². The molecule has 1 aliphatic heterocycles. The van der Waals surface area contributed by atoms with E-state index in [0.717, 1.165) is 26.1 Å². The van der Waals surface area contributed by atoms with Crippen LogP contribution in [0.2, 0.25) is 0 Å². The first-order chi connectivity index (χ1) is 9.46. The molecule has 0 aromatic heterocycles. The molecule has 20 heavy (non-hydrogen) atoms. The smallest absolute Gasteiger partial charge is 0.151 e. The number of likely N-dealkylation sites (N-methyl/N-ethyl adjacent to an activating group) is 1. The van der Waals surface area contributed by atoms with Gasteiger partial charge in [0, 0.05) is 25.7 Å². The normalized spacial score (nSPS) is 21.7. The van der Waals surface area contributed by atoms with Crippen molar-refractivity contribution in [1.82, 2.24) is 9.80 Å². The predicted octanol–water partition coefficient (Wildman–Crippen LogP) is 1.24. The molecule has 0 unspecified atom stereocenters. The molecule has 1 fully saturated rings. The lowest BCUT2D eigenvalue weighted by Crippen LogP contribution is -2.40. The molecule has 4 nitrogen and oxygen atoms in total. The van der Waals surface area contributed by atoms with Gasteiger partial charge in [-0.2, -0.15) is 0 Å². The Hall–Kier alpha value is -0.910. The van der Waals surface area contributed by atoms with Crippen molar-refractivity contribution in [1.29, 1.82) is 0 Å². The second-order valence-electron chi connectivity index (χ2n) is 5.82. The first kappa shape index (κ1) is 15.5. The van der Waals surface area contributed by atoms with Crippen molar-refractivity contribution in [3.05, 3.63) is 35.9 Å². The highest BCUT2D eigenvalue weighted by atomic mass is 32.2. The van der Waals surface area contributed by atoms with Gasteiger partial charge in [-0.1, -0.05) is 30.3 Å². The van der Waals surface area contributed by atoms with E-state index < -0.39 is 9.84 Å². The van der Waals surface area contributed by atoms with Crippen LogP contribution < -0.4 is 0 Å². The third-order valence-electron chi connectivity index (χ3n) is 3.79. The van der Waals surface area contributed by atoms with Gasteiger partial charge in [0.15, 0.2) is 9.84 Å². The Morgan fingerprint density at radius 1 is 1.15 bits per heavy atom. The molecule has 0 spiro atoms. The maximum absolute atomic E-state index is 11.7. The van der Waals surface area contributed by atoms with E-state index in [0.29, 0.717) is 11.5 Å². The van der Waals surface area contributed by atoms with Gasteiger partial charge >= 0.3 is 0 Å². The van der Waals surface area contributed by atoms with E-state index in [1.165, 1.54) is 5.56 Å². The maximum atomic E-state index is 11.7. The Morgan fingerprint density at radius 3 is 2.40 bits per heavy atom. The minimum atomic E-state index is -2.83. The van der Waals surface area contributed by atoms with Crippen molar-refractivity contribution in [3.8, 4) is 0 Å². The summed E-state index contributed by atoms with van der Waals surface area (Å²) in [5.41, 5.74) is 1.25. The van der Waals surface area contributed by atoms with Crippen LogP contribution >= 0.6 is 0 Å². The molecule has 0 amide bonds. The predicted molar refractivity (Wildman–Crippen MR) is 82.5 cm³/mol. The summed E-state index contributed by atoms with van der Waals surface area (Å²) in [6.45, 7) is 2.68. The highest BCUT2D eigenvalue weighted by Gasteiger charge is 2.32. The largest absolute Gasteiger partial charge is 0.308 e. The summed E-state index contributed by atoms with van der Waals surface area (Å²) in [5, 5.41) is 0. The maximum Gasteiger partial charge on any atom is 0.151 e. The molecule has 2 rings (SSSR count). The quantitative estimate of drug-likeness (QED) is 0.792. The molecule has 0 radical (unpaired) electrons. The Morgan fingerprint density at radius 2 is 1.85 bits per heavy atom. The summed E-state index contributed by atoms with van der Waals surface area (Å²) in [6, 6.07) is 10.4. The zero-order valence-corrected chi connectivity index (χ0v) is 13.1. The van der Waals surface area contributed by atoms with Gasteiger partial charge in [0.1, 0.15) is 0 Å². The van der Waals surface area contributed by atoms with E-state index in [-0.39, 0.29) is 6.04 Å². The number of benzene rings is 1. The van der Waals surface area contributed by atoms with E-state index >= 15 is 0 Å². The van der Waals surface area contributed by atoms with Crippen molar-refractivity contribution in [2.45, 2.75) is 19.0 Å². The number of hydrogen-bond acceptors (Lipinski definition) is 4. The van der Waals surface area contributed by atoms with Gasteiger partial charge in [0.2, 0.25) is 0 Å². The molecule has 1 aromatic carbocycles. The molecule has 1 atom stereocenters. The van der Waals surface area contributed by atoms with Gasteiger partial charge in [-0.25, -0.2) is 8.42 Å².